The van der Waals surface area contributed by atoms with Gasteiger partial charge in [0.05, 0.1) is 33.9 Å². The molecular weight excluding hydrogens is 714 g/mol. The van der Waals surface area contributed by atoms with Crippen LogP contribution in [0.5, 0.6) is 23.0 Å². The van der Waals surface area contributed by atoms with Crippen LogP contribution in [0, 0.1) is 28.6 Å². The summed E-state index contributed by atoms with van der Waals surface area (Å²) >= 11 is 0. The second-order valence-electron chi connectivity index (χ2n) is 18.0. The molecule has 0 spiro atoms. The molecule has 0 aromatic heterocycles. The van der Waals surface area contributed by atoms with Gasteiger partial charge in [-0.05, 0) is 116 Å². The van der Waals surface area contributed by atoms with Crippen LogP contribution in [0.25, 0.3) is 0 Å². The van der Waals surface area contributed by atoms with Crippen molar-refractivity contribution in [3.63, 3.8) is 0 Å². The predicted molar refractivity (Wildman–Crippen MR) is 217 cm³/mol. The Labute approximate surface area is 335 Å². The first-order chi connectivity index (χ1) is 26.7. The molecule has 56 heavy (non-hydrogen) atoms. The van der Waals surface area contributed by atoms with Crippen molar-refractivity contribution in [2.45, 2.75) is 103 Å². The van der Waals surface area contributed by atoms with E-state index in [0.717, 1.165) is 56.2 Å². The zero-order valence-corrected chi connectivity index (χ0v) is 34.5. The molecule has 2 aromatic carbocycles. The molecule has 6 atom stereocenters. The Kier molecular flexibility index (Phi) is 13.0. The Bertz CT molecular complexity index is 1730. The van der Waals surface area contributed by atoms with Crippen molar-refractivity contribution in [3.8, 4) is 23.0 Å². The summed E-state index contributed by atoms with van der Waals surface area (Å²) in [6, 6.07) is 11.0. The minimum absolute atomic E-state index is 0. The number of carbonyl (C=O) groups is 3. The number of alkyl carbamates (subject to hydrolysis) is 1. The van der Waals surface area contributed by atoms with E-state index in [9.17, 15) is 14.4 Å². The number of rotatable bonds is 14. The molecule has 2 saturated carbocycles. The molecule has 312 valence electrons. The molecule has 2 amide bonds. The Morgan fingerprint density at radius 1 is 0.893 bits per heavy atom. The first-order valence-corrected chi connectivity index (χ1v) is 20.4. The van der Waals surface area contributed by atoms with Gasteiger partial charge in [-0.3, -0.25) is 9.69 Å². The maximum absolute atomic E-state index is 13.2. The minimum atomic E-state index is -0.563. The van der Waals surface area contributed by atoms with Gasteiger partial charge in [-0.25, -0.2) is 9.59 Å². The topological polar surface area (TPSA) is 134 Å². The highest BCUT2D eigenvalue weighted by Gasteiger charge is 2.53. The Hall–Kier alpha value is -4.19. The number of benzene rings is 2. The molecule has 2 N–H and O–H groups in total. The second kappa shape index (κ2) is 17.5. The number of ether oxygens (including phenoxy) is 6. The number of fused-ring (bicyclic) bond motifs is 2. The van der Waals surface area contributed by atoms with Gasteiger partial charge in [-0.15, -0.1) is 0 Å². The van der Waals surface area contributed by atoms with Gasteiger partial charge in [0.2, 0.25) is 0 Å². The smallest absolute Gasteiger partial charge is 0.412 e. The lowest BCUT2D eigenvalue weighted by Crippen LogP contribution is -2.60. The lowest BCUT2D eigenvalue weighted by atomic mass is 9.52. The van der Waals surface area contributed by atoms with Crippen molar-refractivity contribution in [1.29, 1.82) is 0 Å². The van der Waals surface area contributed by atoms with Crippen LogP contribution in [0.15, 0.2) is 36.4 Å². The molecule has 4 fully saturated rings. The number of hydrogen-bond donors (Lipinski definition) is 2. The Morgan fingerprint density at radius 2 is 1.59 bits per heavy atom. The number of likely N-dealkylation sites (tertiary alicyclic amines) is 1. The molecular formula is C44H67N3O9. The van der Waals surface area contributed by atoms with E-state index in [1.165, 1.54) is 20.0 Å². The number of cyclic esters (lactones) is 1. The van der Waals surface area contributed by atoms with Crippen molar-refractivity contribution in [3.05, 3.63) is 47.5 Å². The SMILES string of the molecule is CCC1(C)CC2CC(C)(C)CC(NC(=O)OCCN3CCC[C@H](NC(=O)Oc4ccc(C[C@H]5C(=O)OC[C@@H]5Cc5ccc(OC)c(OC)c5)cc4OC)C3)(C2)C1.[HH].[HH]. The summed E-state index contributed by atoms with van der Waals surface area (Å²) in [5.74, 6) is 2.04. The highest BCUT2D eigenvalue weighted by molar-refractivity contribution is 5.75. The van der Waals surface area contributed by atoms with Gasteiger partial charge in [0.15, 0.2) is 23.0 Å². The molecule has 2 aromatic rings. The van der Waals surface area contributed by atoms with E-state index in [1.807, 2.05) is 30.3 Å². The normalized spacial score (nSPS) is 28.4. The molecule has 12 heteroatoms. The van der Waals surface area contributed by atoms with Crippen LogP contribution >= 0.6 is 0 Å². The van der Waals surface area contributed by atoms with E-state index in [2.05, 4.69) is 43.2 Å². The van der Waals surface area contributed by atoms with Gasteiger partial charge in [0.25, 0.3) is 0 Å². The number of nitrogens with zero attached hydrogens (tertiary/aromatic N) is 1. The van der Waals surface area contributed by atoms with Crippen molar-refractivity contribution in [2.75, 3.05) is 54.2 Å². The molecule has 0 radical (unpaired) electrons. The zero-order chi connectivity index (χ0) is 40.1. The predicted octanol–water partition coefficient (Wildman–Crippen LogP) is 7.83. The summed E-state index contributed by atoms with van der Waals surface area (Å²) in [4.78, 5) is 41.3. The Balaban J connectivity index is 0.00000372. The number of carbonyl (C=O) groups excluding carboxylic acids is 3. The van der Waals surface area contributed by atoms with E-state index < -0.39 is 6.09 Å². The maximum Gasteiger partial charge on any atom is 0.412 e. The zero-order valence-electron chi connectivity index (χ0n) is 34.5. The first kappa shape index (κ1) is 41.4. The molecule has 2 saturated heterocycles. The first-order valence-electron chi connectivity index (χ1n) is 20.4. The molecule has 2 heterocycles. The fourth-order valence-electron chi connectivity index (χ4n) is 10.5. The lowest BCUT2D eigenvalue weighted by molar-refractivity contribution is -0.141. The van der Waals surface area contributed by atoms with Crippen LogP contribution in [-0.4, -0.2) is 88.8 Å². The molecule has 3 unspecified atom stereocenters. The maximum atomic E-state index is 13.2. The highest BCUT2D eigenvalue weighted by atomic mass is 16.6. The largest absolute Gasteiger partial charge is 0.493 e. The monoisotopic (exact) mass is 781 g/mol. The highest BCUT2D eigenvalue weighted by Crippen LogP contribution is 2.57. The average Bonchev–Trinajstić information content (AvgIpc) is 3.48. The van der Waals surface area contributed by atoms with Gasteiger partial charge >= 0.3 is 18.2 Å². The third kappa shape index (κ3) is 10.2. The molecule has 2 aliphatic carbocycles. The van der Waals surface area contributed by atoms with Crippen molar-refractivity contribution in [1.82, 2.24) is 15.5 Å². The van der Waals surface area contributed by atoms with Gasteiger partial charge in [0.1, 0.15) is 6.61 Å². The molecule has 2 bridgehead atoms. The summed E-state index contributed by atoms with van der Waals surface area (Å²) < 4.78 is 33.4. The Morgan fingerprint density at radius 3 is 2.30 bits per heavy atom. The van der Waals surface area contributed by atoms with Crippen LogP contribution in [0.3, 0.4) is 0 Å². The standard InChI is InChI=1S/C44H63N3O9.2H2/c1-8-43(4)23-31-22-42(2,3)27-44(24-31,28-43)46-41(50)54-17-16-47-15-9-10-33(25-47)45-40(49)56-36-14-12-30(21-38(36)53-7)19-34-32(26-55-39(34)48)18-29-11-13-35(51-5)37(20-29)52-6;;/h11-14,20-21,31-34H,8-10,15-19,22-28H2,1-7H3,(H,45,49)(H,46,50);2*1H/t31?,32-,33-,34+,43?,44?;;/m0../s1. The number of esters is 1. The summed E-state index contributed by atoms with van der Waals surface area (Å²) in [7, 11) is 4.73. The third-order valence-electron chi connectivity index (χ3n) is 12.7. The van der Waals surface area contributed by atoms with Crippen LogP contribution < -0.4 is 29.6 Å². The number of piperidine rings is 1. The fourth-order valence-corrected chi connectivity index (χ4v) is 10.5. The van der Waals surface area contributed by atoms with Crippen molar-refractivity contribution in [2.24, 2.45) is 28.6 Å². The summed E-state index contributed by atoms with van der Waals surface area (Å²) in [5.41, 5.74) is 2.13. The molecule has 6 rings (SSSR count). The van der Waals surface area contributed by atoms with E-state index >= 15 is 0 Å². The van der Waals surface area contributed by atoms with Gasteiger partial charge in [-0.1, -0.05) is 46.2 Å². The summed E-state index contributed by atoms with van der Waals surface area (Å²) in [6.45, 7) is 12.0. The van der Waals surface area contributed by atoms with Crippen LogP contribution in [0.4, 0.5) is 9.59 Å². The molecule has 2 aliphatic heterocycles. The van der Waals surface area contributed by atoms with Gasteiger partial charge < -0.3 is 39.1 Å². The van der Waals surface area contributed by atoms with Gasteiger partial charge in [0, 0.05) is 33.4 Å². The van der Waals surface area contributed by atoms with E-state index in [0.29, 0.717) is 61.5 Å². The van der Waals surface area contributed by atoms with Crippen molar-refractivity contribution >= 4 is 18.2 Å². The van der Waals surface area contributed by atoms with Crippen molar-refractivity contribution < 1.29 is 45.7 Å². The fraction of sp³-hybridized carbons (Fsp3) is 0.659. The summed E-state index contributed by atoms with van der Waals surface area (Å²) in [6.07, 6.45) is 8.51. The van der Waals surface area contributed by atoms with Crippen LogP contribution in [0.2, 0.25) is 0 Å². The number of nitrogens with one attached hydrogen (secondary N) is 2. The van der Waals surface area contributed by atoms with Crippen LogP contribution in [-0.2, 0) is 27.1 Å². The minimum Gasteiger partial charge on any atom is -0.493 e. The van der Waals surface area contributed by atoms with E-state index in [1.54, 1.807) is 20.3 Å². The van der Waals surface area contributed by atoms with E-state index in [4.69, 9.17) is 28.4 Å². The number of hydrogen-bond acceptors (Lipinski definition) is 10. The van der Waals surface area contributed by atoms with E-state index in [-0.39, 0.29) is 55.8 Å². The lowest BCUT2D eigenvalue weighted by Gasteiger charge is -2.57. The average molecular weight is 782 g/mol. The second-order valence-corrected chi connectivity index (χ2v) is 18.0. The number of amides is 2. The molecule has 12 nitrogen and oxygen atoms in total. The third-order valence-corrected chi connectivity index (χ3v) is 12.7. The molecule has 4 aliphatic rings. The summed E-state index contributed by atoms with van der Waals surface area (Å²) in [5, 5.41) is 6.38. The van der Waals surface area contributed by atoms with Crippen LogP contribution in [0.1, 0.15) is 93.0 Å². The van der Waals surface area contributed by atoms with Gasteiger partial charge in [-0.2, -0.15) is 0 Å². The number of methoxy groups -OCH3 is 3. The quantitative estimate of drug-likeness (QED) is 0.183.